The topological polar surface area (TPSA) is 67.2 Å². The van der Waals surface area contributed by atoms with E-state index in [1.165, 1.54) is 0 Å². The summed E-state index contributed by atoms with van der Waals surface area (Å²) in [6, 6.07) is -0.121. The molecule has 1 aliphatic heterocycles. The number of hydrogen-bond acceptors (Lipinski definition) is 3. The van der Waals surface area contributed by atoms with Gasteiger partial charge < -0.3 is 16.4 Å². The summed E-state index contributed by atoms with van der Waals surface area (Å²) in [4.78, 5) is 11.1. The fourth-order valence-corrected chi connectivity index (χ4v) is 1.31. The first kappa shape index (κ1) is 12.7. The van der Waals surface area contributed by atoms with Gasteiger partial charge in [0.1, 0.15) is 0 Å². The second kappa shape index (κ2) is 6.18. The summed E-state index contributed by atoms with van der Waals surface area (Å²) in [5, 5.41) is 6.12. The molecule has 1 aliphatic rings. The van der Waals surface area contributed by atoms with E-state index in [4.69, 9.17) is 5.73 Å². The van der Waals surface area contributed by atoms with Gasteiger partial charge in [-0.25, -0.2) is 0 Å². The molecule has 0 aliphatic carbocycles. The summed E-state index contributed by atoms with van der Waals surface area (Å²) in [6.07, 6.45) is 2.19. The average Bonchev–Trinajstić information content (AvgIpc) is 2.06. The average molecular weight is 208 g/mol. The van der Waals surface area contributed by atoms with Gasteiger partial charge in [0.25, 0.3) is 0 Å². The highest BCUT2D eigenvalue weighted by Gasteiger charge is 2.16. The maximum Gasteiger partial charge on any atom is 0.236 e. The molecular formula is C8H18ClN3O. The van der Waals surface area contributed by atoms with Gasteiger partial charge in [0.2, 0.25) is 5.91 Å². The van der Waals surface area contributed by atoms with E-state index in [9.17, 15) is 4.79 Å². The molecule has 4 nitrogen and oxygen atoms in total. The van der Waals surface area contributed by atoms with Gasteiger partial charge in [-0.3, -0.25) is 4.79 Å². The van der Waals surface area contributed by atoms with Crippen molar-refractivity contribution < 1.29 is 4.79 Å². The van der Waals surface area contributed by atoms with Crippen molar-refractivity contribution in [2.45, 2.75) is 31.8 Å². The van der Waals surface area contributed by atoms with Crippen LogP contribution in [0.25, 0.3) is 0 Å². The first-order valence-corrected chi connectivity index (χ1v) is 4.47. The van der Waals surface area contributed by atoms with Crippen LogP contribution < -0.4 is 16.4 Å². The van der Waals surface area contributed by atoms with Crippen LogP contribution in [0.1, 0.15) is 19.8 Å². The van der Waals surface area contributed by atoms with Crippen LogP contribution >= 0.6 is 12.4 Å². The minimum absolute atomic E-state index is 0. The second-order valence-corrected chi connectivity index (χ2v) is 3.34. The van der Waals surface area contributed by atoms with Gasteiger partial charge in [0, 0.05) is 12.6 Å². The van der Waals surface area contributed by atoms with Crippen molar-refractivity contribution in [1.82, 2.24) is 10.6 Å². The predicted octanol–water partition coefficient (Wildman–Crippen LogP) is -0.376. The van der Waals surface area contributed by atoms with Crippen LogP contribution in [-0.4, -0.2) is 31.1 Å². The highest BCUT2D eigenvalue weighted by molar-refractivity contribution is 5.85. The van der Waals surface area contributed by atoms with Gasteiger partial charge in [-0.15, -0.1) is 12.4 Å². The van der Waals surface area contributed by atoms with Gasteiger partial charge in [0.15, 0.2) is 0 Å². The zero-order valence-electron chi connectivity index (χ0n) is 7.88. The lowest BCUT2D eigenvalue weighted by Crippen LogP contribution is -2.49. The van der Waals surface area contributed by atoms with Crippen molar-refractivity contribution >= 4 is 18.3 Å². The van der Waals surface area contributed by atoms with E-state index in [1.54, 1.807) is 6.92 Å². The van der Waals surface area contributed by atoms with Crippen LogP contribution in [-0.2, 0) is 4.79 Å². The third kappa shape index (κ3) is 4.45. The number of nitrogens with one attached hydrogen (secondary N) is 2. The van der Waals surface area contributed by atoms with Gasteiger partial charge in [-0.1, -0.05) is 0 Å². The third-order valence-electron chi connectivity index (χ3n) is 2.06. The van der Waals surface area contributed by atoms with Crippen LogP contribution in [0.15, 0.2) is 0 Å². The Bertz CT molecular complexity index is 157. The summed E-state index contributed by atoms with van der Waals surface area (Å²) in [7, 11) is 0. The van der Waals surface area contributed by atoms with E-state index < -0.39 is 6.04 Å². The number of nitrogens with two attached hydrogens (primary N) is 1. The predicted molar refractivity (Wildman–Crippen MR) is 54.9 cm³/mol. The summed E-state index contributed by atoms with van der Waals surface area (Å²) >= 11 is 0. The highest BCUT2D eigenvalue weighted by Crippen LogP contribution is 2.00. The molecule has 2 atom stereocenters. The van der Waals surface area contributed by atoms with Gasteiger partial charge in [-0.05, 0) is 26.3 Å². The summed E-state index contributed by atoms with van der Waals surface area (Å²) in [6.45, 7) is 3.63. The van der Waals surface area contributed by atoms with E-state index in [1.807, 2.05) is 0 Å². The zero-order chi connectivity index (χ0) is 8.97. The highest BCUT2D eigenvalue weighted by atomic mass is 35.5. The quantitative estimate of drug-likeness (QED) is 0.579. The Hall–Kier alpha value is -0.320. The summed E-state index contributed by atoms with van der Waals surface area (Å²) < 4.78 is 0. The Labute approximate surface area is 85.0 Å². The molecule has 0 radical (unpaired) electrons. The standard InChI is InChI=1S/C8H17N3O.ClH/c1-6(9)8(12)11-7-3-2-4-10-5-7;/h6-7,10H,2-5,9H2,1H3,(H,11,12);1H/t6?,7-;/m0./s1. The molecule has 1 amide bonds. The van der Waals surface area contributed by atoms with Crippen molar-refractivity contribution in [3.05, 3.63) is 0 Å². The van der Waals surface area contributed by atoms with Crippen LogP contribution in [0.3, 0.4) is 0 Å². The lowest BCUT2D eigenvalue weighted by molar-refractivity contribution is -0.122. The smallest absolute Gasteiger partial charge is 0.236 e. The number of piperidine rings is 1. The molecule has 0 aromatic carbocycles. The minimum Gasteiger partial charge on any atom is -0.351 e. The first-order valence-electron chi connectivity index (χ1n) is 4.47. The normalized spacial score (nSPS) is 24.3. The zero-order valence-corrected chi connectivity index (χ0v) is 8.69. The van der Waals surface area contributed by atoms with E-state index in [0.29, 0.717) is 0 Å². The fourth-order valence-electron chi connectivity index (χ4n) is 1.31. The molecule has 0 spiro atoms. The van der Waals surface area contributed by atoms with Crippen LogP contribution in [0.5, 0.6) is 0 Å². The number of hydrogen-bond donors (Lipinski definition) is 3. The van der Waals surface area contributed by atoms with E-state index >= 15 is 0 Å². The first-order chi connectivity index (χ1) is 5.70. The van der Waals surface area contributed by atoms with Crippen molar-refractivity contribution in [2.75, 3.05) is 13.1 Å². The number of carbonyl (C=O) groups is 1. The molecular weight excluding hydrogens is 190 g/mol. The summed E-state index contributed by atoms with van der Waals surface area (Å²) in [5.74, 6) is -0.0521. The number of halogens is 1. The van der Waals surface area contributed by atoms with E-state index in [-0.39, 0.29) is 24.4 Å². The Balaban J connectivity index is 0.00000144. The molecule has 13 heavy (non-hydrogen) atoms. The molecule has 5 heteroatoms. The minimum atomic E-state index is -0.396. The van der Waals surface area contributed by atoms with Gasteiger partial charge in [-0.2, -0.15) is 0 Å². The molecule has 1 heterocycles. The van der Waals surface area contributed by atoms with Crippen molar-refractivity contribution in [1.29, 1.82) is 0 Å². The molecule has 1 unspecified atom stereocenters. The van der Waals surface area contributed by atoms with E-state index in [2.05, 4.69) is 10.6 Å². The number of rotatable bonds is 2. The van der Waals surface area contributed by atoms with Crippen molar-refractivity contribution in [3.8, 4) is 0 Å². The Morgan fingerprint density at radius 1 is 1.69 bits per heavy atom. The maximum atomic E-state index is 11.1. The molecule has 0 aromatic heterocycles. The maximum absolute atomic E-state index is 11.1. The molecule has 4 N–H and O–H groups in total. The molecule has 0 bridgehead atoms. The van der Waals surface area contributed by atoms with Gasteiger partial charge >= 0.3 is 0 Å². The van der Waals surface area contributed by atoms with Gasteiger partial charge in [0.05, 0.1) is 6.04 Å². The van der Waals surface area contributed by atoms with Crippen molar-refractivity contribution in [3.63, 3.8) is 0 Å². The molecule has 1 rings (SSSR count). The molecule has 78 valence electrons. The lowest BCUT2D eigenvalue weighted by atomic mass is 10.1. The van der Waals surface area contributed by atoms with Crippen molar-refractivity contribution in [2.24, 2.45) is 5.73 Å². The Morgan fingerprint density at radius 3 is 2.85 bits per heavy atom. The largest absolute Gasteiger partial charge is 0.351 e. The fraction of sp³-hybridized carbons (Fsp3) is 0.875. The molecule has 1 fully saturated rings. The number of carbonyl (C=O) groups excluding carboxylic acids is 1. The Morgan fingerprint density at radius 2 is 2.38 bits per heavy atom. The molecule has 0 saturated carbocycles. The lowest BCUT2D eigenvalue weighted by Gasteiger charge is -2.24. The van der Waals surface area contributed by atoms with Crippen LogP contribution in [0.4, 0.5) is 0 Å². The number of amides is 1. The SMILES string of the molecule is CC(N)C(=O)N[C@H]1CCCNC1.Cl. The third-order valence-corrected chi connectivity index (χ3v) is 2.06. The van der Waals surface area contributed by atoms with E-state index in [0.717, 1.165) is 25.9 Å². The monoisotopic (exact) mass is 207 g/mol. The summed E-state index contributed by atoms with van der Waals surface area (Å²) in [5.41, 5.74) is 5.42. The molecule has 1 saturated heterocycles. The van der Waals surface area contributed by atoms with Crippen LogP contribution in [0.2, 0.25) is 0 Å². The molecule has 0 aromatic rings. The van der Waals surface area contributed by atoms with Crippen LogP contribution in [0, 0.1) is 0 Å². The second-order valence-electron chi connectivity index (χ2n) is 3.34. The Kier molecular flexibility index (Phi) is 6.03.